The molecule has 0 bridgehead atoms. The summed E-state index contributed by atoms with van der Waals surface area (Å²) in [7, 11) is 0. The Kier molecular flexibility index (Phi) is 4.27. The molecule has 1 nitrogen and oxygen atoms in total. The van der Waals surface area contributed by atoms with Crippen molar-refractivity contribution in [1.29, 1.82) is 0 Å². The maximum absolute atomic E-state index is 6.85. The first-order chi connectivity index (χ1) is 8.82. The van der Waals surface area contributed by atoms with Gasteiger partial charge in [-0.05, 0) is 57.2 Å². The number of rotatable bonds is 2. The minimum Gasteiger partial charge on any atom is -0.375 e. The maximum atomic E-state index is 6.85. The van der Waals surface area contributed by atoms with E-state index in [0.717, 1.165) is 0 Å². The van der Waals surface area contributed by atoms with E-state index in [-0.39, 0.29) is 11.5 Å². The maximum Gasteiger partial charge on any atom is 0.0646 e. The summed E-state index contributed by atoms with van der Waals surface area (Å²) in [5.74, 6) is 0.884. The first-order valence-corrected chi connectivity index (χ1v) is 7.63. The zero-order valence-electron chi connectivity index (χ0n) is 12.8. The number of alkyl halides is 1. The van der Waals surface area contributed by atoms with Crippen molar-refractivity contribution in [3.63, 3.8) is 0 Å². The van der Waals surface area contributed by atoms with Crippen molar-refractivity contribution in [1.82, 2.24) is 0 Å². The van der Waals surface area contributed by atoms with Crippen LogP contribution in [0.5, 0.6) is 0 Å². The standard InChI is InChI=1S/C17H25ClO/c1-9-7-10(2)15(11(3)8-9)17(18)16-12(4)13(5)19-14(16)6/h7-8,12-14,16-17H,1-6H3. The van der Waals surface area contributed by atoms with Crippen molar-refractivity contribution < 1.29 is 4.74 Å². The lowest BCUT2D eigenvalue weighted by atomic mass is 9.81. The van der Waals surface area contributed by atoms with Crippen LogP contribution >= 0.6 is 11.6 Å². The second kappa shape index (κ2) is 5.46. The largest absolute Gasteiger partial charge is 0.375 e. The third-order valence-electron chi connectivity index (χ3n) is 4.67. The van der Waals surface area contributed by atoms with E-state index in [1.807, 2.05) is 0 Å². The summed E-state index contributed by atoms with van der Waals surface area (Å²) in [5.41, 5.74) is 5.21. The van der Waals surface area contributed by atoms with Crippen LogP contribution in [0.25, 0.3) is 0 Å². The number of halogens is 1. The molecule has 1 heterocycles. The van der Waals surface area contributed by atoms with Gasteiger partial charge >= 0.3 is 0 Å². The van der Waals surface area contributed by atoms with E-state index in [1.165, 1.54) is 22.3 Å². The predicted molar refractivity (Wildman–Crippen MR) is 81.9 cm³/mol. The van der Waals surface area contributed by atoms with Crippen molar-refractivity contribution in [3.05, 3.63) is 34.4 Å². The molecule has 5 unspecified atom stereocenters. The van der Waals surface area contributed by atoms with Crippen LogP contribution in [0.3, 0.4) is 0 Å². The normalized spacial score (nSPS) is 32.6. The lowest BCUT2D eigenvalue weighted by molar-refractivity contribution is 0.0508. The van der Waals surface area contributed by atoms with Gasteiger partial charge in [-0.2, -0.15) is 0 Å². The Balaban J connectivity index is 2.37. The van der Waals surface area contributed by atoms with Gasteiger partial charge < -0.3 is 4.74 Å². The molecule has 0 aromatic heterocycles. The summed E-state index contributed by atoms with van der Waals surface area (Å²) in [5, 5.41) is 0.0375. The molecule has 1 aromatic rings. The van der Waals surface area contributed by atoms with Gasteiger partial charge in [0.15, 0.2) is 0 Å². The molecule has 19 heavy (non-hydrogen) atoms. The minimum absolute atomic E-state index is 0.0375. The first kappa shape index (κ1) is 14.9. The zero-order valence-corrected chi connectivity index (χ0v) is 13.6. The molecule has 0 spiro atoms. The minimum atomic E-state index is 0.0375. The van der Waals surface area contributed by atoms with Crippen molar-refractivity contribution >= 4 is 11.6 Å². The van der Waals surface area contributed by atoms with E-state index in [4.69, 9.17) is 16.3 Å². The zero-order chi connectivity index (χ0) is 14.3. The molecular weight excluding hydrogens is 256 g/mol. The average molecular weight is 281 g/mol. The lowest BCUT2D eigenvalue weighted by Gasteiger charge is -2.27. The Labute approximate surface area is 122 Å². The highest BCUT2D eigenvalue weighted by Gasteiger charge is 2.42. The van der Waals surface area contributed by atoms with Gasteiger partial charge in [-0.3, -0.25) is 0 Å². The molecule has 1 aliphatic rings. The fourth-order valence-corrected chi connectivity index (χ4v) is 4.40. The number of ether oxygens (including phenoxy) is 1. The van der Waals surface area contributed by atoms with Gasteiger partial charge in [0, 0.05) is 5.92 Å². The number of hydrogen-bond donors (Lipinski definition) is 0. The molecule has 1 aromatic carbocycles. The fraction of sp³-hybridized carbons (Fsp3) is 0.647. The summed E-state index contributed by atoms with van der Waals surface area (Å²) in [6.07, 6.45) is 0.528. The molecule has 1 fully saturated rings. The Bertz CT molecular complexity index is 445. The van der Waals surface area contributed by atoms with E-state index < -0.39 is 0 Å². The molecule has 1 aliphatic heterocycles. The highest BCUT2D eigenvalue weighted by atomic mass is 35.5. The predicted octanol–water partition coefficient (Wildman–Crippen LogP) is 4.95. The average Bonchev–Trinajstić information content (AvgIpc) is 2.51. The molecular formula is C17H25ClO. The van der Waals surface area contributed by atoms with E-state index in [0.29, 0.717) is 17.9 Å². The van der Waals surface area contributed by atoms with E-state index >= 15 is 0 Å². The van der Waals surface area contributed by atoms with Crippen molar-refractivity contribution in [2.75, 3.05) is 0 Å². The lowest BCUT2D eigenvalue weighted by Crippen LogP contribution is -2.23. The molecule has 0 N–H and O–H groups in total. The molecule has 106 valence electrons. The van der Waals surface area contributed by atoms with E-state index in [1.54, 1.807) is 0 Å². The summed E-state index contributed by atoms with van der Waals surface area (Å²) < 4.78 is 5.95. The molecule has 2 heteroatoms. The molecule has 1 saturated heterocycles. The van der Waals surface area contributed by atoms with Crippen molar-refractivity contribution in [2.45, 2.75) is 59.1 Å². The van der Waals surface area contributed by atoms with Crippen LogP contribution in [-0.4, -0.2) is 12.2 Å². The van der Waals surface area contributed by atoms with E-state index in [9.17, 15) is 0 Å². The summed E-state index contributed by atoms with van der Waals surface area (Å²) in [6, 6.07) is 4.46. The van der Waals surface area contributed by atoms with Crippen LogP contribution < -0.4 is 0 Å². The number of hydrogen-bond acceptors (Lipinski definition) is 1. The third kappa shape index (κ3) is 2.68. The summed E-state index contributed by atoms with van der Waals surface area (Å²) >= 11 is 6.85. The monoisotopic (exact) mass is 280 g/mol. The Morgan fingerprint density at radius 3 is 1.95 bits per heavy atom. The quantitative estimate of drug-likeness (QED) is 0.697. The SMILES string of the molecule is Cc1cc(C)c(C(Cl)C2C(C)OC(C)C2C)c(C)c1. The topological polar surface area (TPSA) is 9.23 Å². The number of aryl methyl sites for hydroxylation is 3. The highest BCUT2D eigenvalue weighted by Crippen LogP contribution is 2.45. The smallest absolute Gasteiger partial charge is 0.0646 e. The molecule has 0 saturated carbocycles. The van der Waals surface area contributed by atoms with Gasteiger partial charge in [0.25, 0.3) is 0 Å². The third-order valence-corrected chi connectivity index (χ3v) is 5.18. The van der Waals surface area contributed by atoms with Gasteiger partial charge in [-0.25, -0.2) is 0 Å². The van der Waals surface area contributed by atoms with Crippen molar-refractivity contribution in [3.8, 4) is 0 Å². The summed E-state index contributed by atoms with van der Waals surface area (Å²) in [6.45, 7) is 13.0. The van der Waals surface area contributed by atoms with Crippen LogP contribution in [-0.2, 0) is 4.74 Å². The molecule has 0 aliphatic carbocycles. The highest BCUT2D eigenvalue weighted by molar-refractivity contribution is 6.21. The second-order valence-corrected chi connectivity index (χ2v) is 6.67. The second-order valence-electron chi connectivity index (χ2n) is 6.20. The fourth-order valence-electron chi connectivity index (χ4n) is 3.62. The molecule has 0 radical (unpaired) electrons. The van der Waals surface area contributed by atoms with E-state index in [2.05, 4.69) is 53.7 Å². The summed E-state index contributed by atoms with van der Waals surface area (Å²) in [4.78, 5) is 0. The molecule has 0 amide bonds. The van der Waals surface area contributed by atoms with Crippen LogP contribution in [0.2, 0.25) is 0 Å². The van der Waals surface area contributed by atoms with Crippen LogP contribution in [0.15, 0.2) is 12.1 Å². The van der Waals surface area contributed by atoms with Gasteiger partial charge in [0.1, 0.15) is 0 Å². The Morgan fingerprint density at radius 1 is 1.00 bits per heavy atom. The van der Waals surface area contributed by atoms with Gasteiger partial charge in [-0.1, -0.05) is 24.6 Å². The van der Waals surface area contributed by atoms with Gasteiger partial charge in [0.2, 0.25) is 0 Å². The van der Waals surface area contributed by atoms with Gasteiger partial charge in [0.05, 0.1) is 17.6 Å². The molecule has 2 rings (SSSR count). The van der Waals surface area contributed by atoms with Crippen LogP contribution in [0.1, 0.15) is 48.4 Å². The Hall–Kier alpha value is -0.530. The van der Waals surface area contributed by atoms with Gasteiger partial charge in [-0.15, -0.1) is 11.6 Å². The van der Waals surface area contributed by atoms with Crippen LogP contribution in [0.4, 0.5) is 0 Å². The molecule has 5 atom stereocenters. The van der Waals surface area contributed by atoms with Crippen molar-refractivity contribution in [2.24, 2.45) is 11.8 Å². The van der Waals surface area contributed by atoms with Crippen LogP contribution in [0, 0.1) is 32.6 Å². The Morgan fingerprint density at radius 2 is 1.53 bits per heavy atom. The first-order valence-electron chi connectivity index (χ1n) is 7.20. The number of benzene rings is 1.